The van der Waals surface area contributed by atoms with Crippen molar-refractivity contribution < 1.29 is 13.9 Å². The van der Waals surface area contributed by atoms with Crippen molar-refractivity contribution in [2.75, 3.05) is 36.5 Å². The molecule has 0 unspecified atom stereocenters. The maximum absolute atomic E-state index is 12.5. The van der Waals surface area contributed by atoms with Crippen LogP contribution in [0.25, 0.3) is 6.08 Å². The molecule has 8 heteroatoms. The van der Waals surface area contributed by atoms with Crippen LogP contribution >= 0.6 is 27.5 Å². The van der Waals surface area contributed by atoms with Gasteiger partial charge in [0.25, 0.3) is 5.91 Å². The lowest BCUT2D eigenvalue weighted by Gasteiger charge is -2.26. The minimum atomic E-state index is -0.525. The third-order valence-corrected chi connectivity index (χ3v) is 4.89. The van der Waals surface area contributed by atoms with Crippen molar-refractivity contribution in [2.45, 2.75) is 6.92 Å². The number of ether oxygens (including phenoxy) is 1. The number of nitrogens with one attached hydrogen (secondary N) is 1. The highest BCUT2D eigenvalue weighted by Crippen LogP contribution is 2.32. The molecule has 2 aromatic rings. The molecule has 0 spiro atoms. The Kier molecular flexibility index (Phi) is 6.22. The van der Waals surface area contributed by atoms with Crippen LogP contribution in [0.15, 0.2) is 38.7 Å². The number of halogens is 2. The second-order valence-corrected chi connectivity index (χ2v) is 7.28. The summed E-state index contributed by atoms with van der Waals surface area (Å²) < 4.78 is 11.9. The monoisotopic (exact) mass is 449 g/mol. The molecule has 1 aliphatic heterocycles. The molecule has 2 heterocycles. The lowest BCUT2D eigenvalue weighted by molar-refractivity contribution is -0.112. The van der Waals surface area contributed by atoms with E-state index in [0.717, 1.165) is 23.1 Å². The van der Waals surface area contributed by atoms with E-state index in [-0.39, 0.29) is 5.57 Å². The van der Waals surface area contributed by atoms with Crippen LogP contribution in [0.5, 0.6) is 0 Å². The van der Waals surface area contributed by atoms with Gasteiger partial charge in [-0.15, -0.1) is 0 Å². The van der Waals surface area contributed by atoms with E-state index in [1.165, 1.54) is 6.08 Å². The summed E-state index contributed by atoms with van der Waals surface area (Å²) in [5, 5.41) is 12.6. The van der Waals surface area contributed by atoms with Crippen molar-refractivity contribution in [1.82, 2.24) is 0 Å². The predicted molar refractivity (Wildman–Crippen MR) is 108 cm³/mol. The van der Waals surface area contributed by atoms with Crippen LogP contribution in [0.1, 0.15) is 11.3 Å². The topological polar surface area (TPSA) is 78.5 Å². The Morgan fingerprint density at radius 2 is 2.11 bits per heavy atom. The van der Waals surface area contributed by atoms with Gasteiger partial charge in [-0.25, -0.2) is 0 Å². The van der Waals surface area contributed by atoms with Gasteiger partial charge in [0, 0.05) is 35.9 Å². The van der Waals surface area contributed by atoms with E-state index in [0.29, 0.717) is 35.6 Å². The van der Waals surface area contributed by atoms with Gasteiger partial charge in [0.05, 0.1) is 17.7 Å². The highest BCUT2D eigenvalue weighted by Gasteiger charge is 2.19. The zero-order valence-corrected chi connectivity index (χ0v) is 16.9. The Hall–Kier alpha value is -2.27. The molecule has 1 aliphatic rings. The van der Waals surface area contributed by atoms with Gasteiger partial charge in [0.1, 0.15) is 17.4 Å². The first-order chi connectivity index (χ1) is 13.0. The predicted octanol–water partition coefficient (Wildman–Crippen LogP) is 4.39. The lowest BCUT2D eigenvalue weighted by atomic mass is 10.1. The largest absolute Gasteiger partial charge is 0.440 e. The number of amides is 1. The molecule has 0 bridgehead atoms. The molecule has 1 aromatic heterocycles. The van der Waals surface area contributed by atoms with Crippen molar-refractivity contribution in [3.8, 4) is 6.07 Å². The smallest absolute Gasteiger partial charge is 0.266 e. The fraction of sp³-hybridized carbons (Fsp3) is 0.263. The van der Waals surface area contributed by atoms with Crippen molar-refractivity contribution in [1.29, 1.82) is 5.26 Å². The number of furan rings is 1. The number of nitriles is 1. The normalized spacial score (nSPS) is 14.7. The summed E-state index contributed by atoms with van der Waals surface area (Å²) in [4.78, 5) is 14.5. The minimum absolute atomic E-state index is 0.0656. The fourth-order valence-corrected chi connectivity index (χ4v) is 3.37. The molecule has 0 atom stereocenters. The number of aryl methyl sites for hydroxylation is 1. The van der Waals surface area contributed by atoms with Gasteiger partial charge in [-0.3, -0.25) is 4.79 Å². The highest BCUT2D eigenvalue weighted by molar-refractivity contribution is 9.10. The summed E-state index contributed by atoms with van der Waals surface area (Å²) in [7, 11) is 0. The molecule has 1 fully saturated rings. The molecular formula is C19H17BrClN3O3. The third-order valence-electron chi connectivity index (χ3n) is 4.09. The lowest BCUT2D eigenvalue weighted by Crippen LogP contribution is -2.36. The van der Waals surface area contributed by atoms with Crippen molar-refractivity contribution >= 4 is 51.1 Å². The molecule has 0 saturated carbocycles. The van der Waals surface area contributed by atoms with Crippen LogP contribution in [0.4, 0.5) is 11.6 Å². The second-order valence-electron chi connectivity index (χ2n) is 5.98. The summed E-state index contributed by atoms with van der Waals surface area (Å²) in [6, 6.07) is 8.83. The van der Waals surface area contributed by atoms with E-state index >= 15 is 0 Å². The number of hydrogen-bond acceptors (Lipinski definition) is 5. The molecule has 3 rings (SSSR count). The summed E-state index contributed by atoms with van der Waals surface area (Å²) in [5.74, 6) is 0.550. The van der Waals surface area contributed by atoms with Crippen LogP contribution < -0.4 is 10.2 Å². The number of nitrogens with zero attached hydrogens (tertiary/aromatic N) is 2. The molecule has 6 nitrogen and oxygen atoms in total. The van der Waals surface area contributed by atoms with E-state index in [4.69, 9.17) is 20.8 Å². The van der Waals surface area contributed by atoms with Crippen molar-refractivity contribution in [2.24, 2.45) is 0 Å². The standard InChI is InChI=1S/C19H17BrClN3O3/c1-12-2-3-14(21)9-17(12)23-18(25)13(11-22)8-15-10-16(20)19(27-15)24-4-6-26-7-5-24/h2-3,8-10H,4-7H2,1H3,(H,23,25)/b13-8-. The summed E-state index contributed by atoms with van der Waals surface area (Å²) in [6.45, 7) is 4.54. The maximum Gasteiger partial charge on any atom is 0.266 e. The fourth-order valence-electron chi connectivity index (χ4n) is 2.64. The van der Waals surface area contributed by atoms with Gasteiger partial charge >= 0.3 is 0 Å². The number of carbonyl (C=O) groups is 1. The zero-order chi connectivity index (χ0) is 19.4. The van der Waals surface area contributed by atoms with Gasteiger partial charge in [-0.05, 0) is 40.5 Å². The number of rotatable bonds is 4. The first kappa shape index (κ1) is 19.5. The van der Waals surface area contributed by atoms with Crippen LogP contribution in [0, 0.1) is 18.3 Å². The first-order valence-electron chi connectivity index (χ1n) is 8.29. The van der Waals surface area contributed by atoms with Crippen LogP contribution in [0.3, 0.4) is 0 Å². The van der Waals surface area contributed by atoms with E-state index < -0.39 is 5.91 Å². The maximum atomic E-state index is 12.5. The molecule has 1 amide bonds. The molecular weight excluding hydrogens is 434 g/mol. The average molecular weight is 451 g/mol. The first-order valence-corrected chi connectivity index (χ1v) is 9.46. The molecule has 1 aromatic carbocycles. The van der Waals surface area contributed by atoms with E-state index in [9.17, 15) is 10.1 Å². The Bertz CT molecular complexity index is 927. The SMILES string of the molecule is Cc1ccc(Cl)cc1NC(=O)/C(C#N)=C\c1cc(Br)c(N2CCOCC2)o1. The Morgan fingerprint density at radius 3 is 2.81 bits per heavy atom. The number of morpholine rings is 1. The summed E-state index contributed by atoms with van der Waals surface area (Å²) in [6.07, 6.45) is 1.42. The van der Waals surface area contributed by atoms with Gasteiger partial charge in [0.15, 0.2) is 0 Å². The minimum Gasteiger partial charge on any atom is -0.440 e. The van der Waals surface area contributed by atoms with E-state index in [1.54, 1.807) is 24.3 Å². The van der Waals surface area contributed by atoms with Crippen molar-refractivity contribution in [3.63, 3.8) is 0 Å². The Morgan fingerprint density at radius 1 is 1.37 bits per heavy atom. The summed E-state index contributed by atoms with van der Waals surface area (Å²) >= 11 is 9.44. The molecule has 1 saturated heterocycles. The van der Waals surface area contributed by atoms with Crippen molar-refractivity contribution in [3.05, 3.63) is 50.7 Å². The average Bonchev–Trinajstić information content (AvgIpc) is 3.03. The van der Waals surface area contributed by atoms with Crippen LogP contribution in [-0.2, 0) is 9.53 Å². The van der Waals surface area contributed by atoms with Gasteiger partial charge in [0.2, 0.25) is 5.88 Å². The van der Waals surface area contributed by atoms with Crippen LogP contribution in [0.2, 0.25) is 5.02 Å². The number of anilines is 2. The van der Waals surface area contributed by atoms with Gasteiger partial charge < -0.3 is 19.4 Å². The number of carbonyl (C=O) groups excluding carboxylic acids is 1. The van der Waals surface area contributed by atoms with Gasteiger partial charge in [-0.2, -0.15) is 5.26 Å². The molecule has 140 valence electrons. The number of hydrogen-bond donors (Lipinski definition) is 1. The Labute approximate surface area is 170 Å². The van der Waals surface area contributed by atoms with Gasteiger partial charge in [-0.1, -0.05) is 17.7 Å². The molecule has 27 heavy (non-hydrogen) atoms. The number of benzene rings is 1. The quantitative estimate of drug-likeness (QED) is 0.552. The highest BCUT2D eigenvalue weighted by atomic mass is 79.9. The van der Waals surface area contributed by atoms with E-state index in [2.05, 4.69) is 21.2 Å². The molecule has 0 radical (unpaired) electrons. The third kappa shape index (κ3) is 4.72. The second kappa shape index (κ2) is 8.61. The van der Waals surface area contributed by atoms with Crippen LogP contribution in [-0.4, -0.2) is 32.2 Å². The zero-order valence-electron chi connectivity index (χ0n) is 14.6. The Balaban J connectivity index is 1.80. The molecule has 0 aliphatic carbocycles. The van der Waals surface area contributed by atoms with E-state index in [1.807, 2.05) is 17.9 Å². The molecule has 1 N–H and O–H groups in total. The summed E-state index contributed by atoms with van der Waals surface area (Å²) in [5.41, 5.74) is 1.34.